The summed E-state index contributed by atoms with van der Waals surface area (Å²) in [5.74, 6) is -0.419. The molecule has 0 spiro atoms. The first-order valence-electron chi connectivity index (χ1n) is 7.43. The van der Waals surface area contributed by atoms with Crippen LogP contribution in [0.5, 0.6) is 0 Å². The summed E-state index contributed by atoms with van der Waals surface area (Å²) < 4.78 is 26.4. The molecule has 4 heteroatoms. The van der Waals surface area contributed by atoms with E-state index < -0.39 is 11.6 Å². The van der Waals surface area contributed by atoms with Gasteiger partial charge in [0.1, 0.15) is 11.6 Å². The second-order valence-corrected chi connectivity index (χ2v) is 5.99. The fourth-order valence-corrected chi connectivity index (χ4v) is 3.00. The van der Waals surface area contributed by atoms with E-state index in [0.29, 0.717) is 17.5 Å². The summed E-state index contributed by atoms with van der Waals surface area (Å²) in [6, 6.07) is 3.78. The first-order valence-corrected chi connectivity index (χ1v) is 7.43. The van der Waals surface area contributed by atoms with Crippen LogP contribution in [0.25, 0.3) is 0 Å². The van der Waals surface area contributed by atoms with Crippen LogP contribution in [-0.4, -0.2) is 24.0 Å². The van der Waals surface area contributed by atoms with Gasteiger partial charge < -0.3 is 10.6 Å². The van der Waals surface area contributed by atoms with Crippen molar-refractivity contribution in [3.63, 3.8) is 0 Å². The molecular formula is C16H24F2N2. The maximum Gasteiger partial charge on any atom is 0.126 e. The molecule has 2 nitrogen and oxygen atoms in total. The normalized spacial score (nSPS) is 25.6. The third kappa shape index (κ3) is 3.76. The smallest absolute Gasteiger partial charge is 0.126 e. The Hall–Kier alpha value is -1.00. The van der Waals surface area contributed by atoms with Gasteiger partial charge in [-0.1, -0.05) is 6.92 Å². The Morgan fingerprint density at radius 2 is 1.90 bits per heavy atom. The molecule has 20 heavy (non-hydrogen) atoms. The largest absolute Gasteiger partial charge is 0.324 e. The molecule has 112 valence electrons. The van der Waals surface area contributed by atoms with Crippen LogP contribution in [0.15, 0.2) is 18.2 Å². The van der Waals surface area contributed by atoms with E-state index >= 15 is 0 Å². The lowest BCUT2D eigenvalue weighted by Crippen LogP contribution is -2.43. The average molecular weight is 282 g/mol. The number of benzene rings is 1. The molecular weight excluding hydrogens is 258 g/mol. The molecule has 0 bridgehead atoms. The lowest BCUT2D eigenvalue weighted by Gasteiger charge is -2.38. The molecule has 3 unspecified atom stereocenters. The van der Waals surface area contributed by atoms with Gasteiger partial charge in [0.15, 0.2) is 0 Å². The maximum absolute atomic E-state index is 13.2. The Labute approximate surface area is 120 Å². The summed E-state index contributed by atoms with van der Waals surface area (Å²) in [5, 5.41) is 0. The Balaban J connectivity index is 1.92. The van der Waals surface area contributed by atoms with E-state index in [1.807, 2.05) is 0 Å². The van der Waals surface area contributed by atoms with Gasteiger partial charge in [-0.25, -0.2) is 8.78 Å². The first kappa shape index (κ1) is 15.4. The second-order valence-electron chi connectivity index (χ2n) is 5.99. The summed E-state index contributed by atoms with van der Waals surface area (Å²) in [5.41, 5.74) is 6.61. The fraction of sp³-hybridized carbons (Fsp3) is 0.625. The zero-order valence-electron chi connectivity index (χ0n) is 12.3. The number of nitrogens with zero attached hydrogens (tertiary/aromatic N) is 1. The van der Waals surface area contributed by atoms with Gasteiger partial charge in [0.25, 0.3) is 0 Å². The summed E-state index contributed by atoms with van der Waals surface area (Å²) in [6.45, 7) is 6.50. The highest BCUT2D eigenvalue weighted by Crippen LogP contribution is 2.24. The molecule has 0 radical (unpaired) electrons. The summed E-state index contributed by atoms with van der Waals surface area (Å²) in [7, 11) is 0. The molecule has 3 atom stereocenters. The Kier molecular flexibility index (Phi) is 5.11. The molecule has 1 aliphatic rings. The lowest BCUT2D eigenvalue weighted by molar-refractivity contribution is 0.110. The SMILES string of the molecule is CC1CCCN(CCC(N)c2cc(F)cc(F)c2)C1C. The quantitative estimate of drug-likeness (QED) is 0.916. The van der Waals surface area contributed by atoms with E-state index in [0.717, 1.165) is 25.6 Å². The third-order valence-corrected chi connectivity index (χ3v) is 4.54. The average Bonchev–Trinajstić information content (AvgIpc) is 2.39. The topological polar surface area (TPSA) is 29.3 Å². The van der Waals surface area contributed by atoms with Crippen molar-refractivity contribution in [3.05, 3.63) is 35.4 Å². The van der Waals surface area contributed by atoms with Crippen LogP contribution >= 0.6 is 0 Å². The fourth-order valence-electron chi connectivity index (χ4n) is 3.00. The van der Waals surface area contributed by atoms with E-state index in [2.05, 4.69) is 18.7 Å². The molecule has 0 saturated carbocycles. The number of halogens is 2. The van der Waals surface area contributed by atoms with Gasteiger partial charge in [-0.2, -0.15) is 0 Å². The van der Waals surface area contributed by atoms with Gasteiger partial charge >= 0.3 is 0 Å². The molecule has 1 heterocycles. The molecule has 0 aromatic heterocycles. The second kappa shape index (κ2) is 6.64. The number of nitrogens with two attached hydrogens (primary N) is 1. The predicted molar refractivity (Wildman–Crippen MR) is 77.3 cm³/mol. The van der Waals surface area contributed by atoms with Crippen LogP contribution in [0, 0.1) is 17.6 Å². The van der Waals surface area contributed by atoms with Crippen LogP contribution in [0.1, 0.15) is 44.7 Å². The van der Waals surface area contributed by atoms with E-state index in [9.17, 15) is 8.78 Å². The van der Waals surface area contributed by atoms with E-state index in [1.54, 1.807) is 0 Å². The molecule has 1 aliphatic heterocycles. The minimum atomic E-state index is -0.560. The van der Waals surface area contributed by atoms with Gasteiger partial charge in [0, 0.05) is 24.7 Å². The van der Waals surface area contributed by atoms with Gasteiger partial charge in [0.05, 0.1) is 0 Å². The number of piperidine rings is 1. The maximum atomic E-state index is 13.2. The molecule has 0 amide bonds. The predicted octanol–water partition coefficient (Wildman–Crippen LogP) is 3.48. The van der Waals surface area contributed by atoms with Crippen LogP contribution in [0.3, 0.4) is 0 Å². The van der Waals surface area contributed by atoms with E-state index in [-0.39, 0.29) is 6.04 Å². The highest BCUT2D eigenvalue weighted by atomic mass is 19.1. The van der Waals surface area contributed by atoms with Gasteiger partial charge in [-0.15, -0.1) is 0 Å². The van der Waals surface area contributed by atoms with Crippen molar-refractivity contribution >= 4 is 0 Å². The zero-order valence-corrected chi connectivity index (χ0v) is 12.3. The van der Waals surface area contributed by atoms with Crippen LogP contribution in [0.2, 0.25) is 0 Å². The Morgan fingerprint density at radius 1 is 1.25 bits per heavy atom. The van der Waals surface area contributed by atoms with E-state index in [1.165, 1.54) is 25.0 Å². The first-order chi connectivity index (χ1) is 9.47. The van der Waals surface area contributed by atoms with Crippen molar-refractivity contribution in [2.75, 3.05) is 13.1 Å². The molecule has 2 N–H and O–H groups in total. The minimum absolute atomic E-state index is 0.315. The van der Waals surface area contributed by atoms with Crippen molar-refractivity contribution in [2.45, 2.75) is 45.2 Å². The Bertz CT molecular complexity index is 430. The number of hydrogen-bond donors (Lipinski definition) is 1. The molecule has 1 aromatic carbocycles. The minimum Gasteiger partial charge on any atom is -0.324 e. The van der Waals surface area contributed by atoms with Gasteiger partial charge in [-0.3, -0.25) is 0 Å². The van der Waals surface area contributed by atoms with Crippen molar-refractivity contribution in [1.82, 2.24) is 4.90 Å². The molecule has 1 aromatic rings. The van der Waals surface area contributed by atoms with E-state index in [4.69, 9.17) is 5.73 Å². The lowest BCUT2D eigenvalue weighted by atomic mass is 9.91. The zero-order chi connectivity index (χ0) is 14.7. The van der Waals surface area contributed by atoms with Crippen LogP contribution in [0.4, 0.5) is 8.78 Å². The number of hydrogen-bond acceptors (Lipinski definition) is 2. The third-order valence-electron chi connectivity index (χ3n) is 4.54. The van der Waals surface area contributed by atoms with Crippen molar-refractivity contribution in [3.8, 4) is 0 Å². The number of rotatable bonds is 4. The summed E-state index contributed by atoms with van der Waals surface area (Å²) >= 11 is 0. The van der Waals surface area contributed by atoms with Crippen LogP contribution < -0.4 is 5.73 Å². The highest BCUT2D eigenvalue weighted by molar-refractivity contribution is 5.21. The molecule has 1 saturated heterocycles. The van der Waals surface area contributed by atoms with Crippen LogP contribution in [-0.2, 0) is 0 Å². The van der Waals surface area contributed by atoms with Crippen molar-refractivity contribution in [1.29, 1.82) is 0 Å². The van der Waals surface area contributed by atoms with Crippen molar-refractivity contribution < 1.29 is 8.78 Å². The standard InChI is InChI=1S/C16H24F2N2/c1-11-4-3-6-20(12(11)2)7-5-16(19)13-8-14(17)10-15(18)9-13/h8-12,16H,3-7,19H2,1-2H3. The highest BCUT2D eigenvalue weighted by Gasteiger charge is 2.24. The summed E-state index contributed by atoms with van der Waals surface area (Å²) in [6.07, 6.45) is 3.22. The Morgan fingerprint density at radius 3 is 2.55 bits per heavy atom. The molecule has 0 aliphatic carbocycles. The van der Waals surface area contributed by atoms with Crippen molar-refractivity contribution in [2.24, 2.45) is 11.7 Å². The molecule has 1 fully saturated rings. The number of likely N-dealkylation sites (tertiary alicyclic amines) is 1. The van der Waals surface area contributed by atoms with Gasteiger partial charge in [-0.05, 0) is 56.3 Å². The summed E-state index contributed by atoms with van der Waals surface area (Å²) in [4.78, 5) is 2.43. The monoisotopic (exact) mass is 282 g/mol. The van der Waals surface area contributed by atoms with Gasteiger partial charge in [0.2, 0.25) is 0 Å². The molecule has 2 rings (SSSR count).